The fourth-order valence-corrected chi connectivity index (χ4v) is 4.13. The quantitative estimate of drug-likeness (QED) is 0.0810. The Morgan fingerprint density at radius 3 is 1.37 bits per heavy atom. The van der Waals surface area contributed by atoms with Crippen molar-refractivity contribution in [1.82, 2.24) is 0 Å². The van der Waals surface area contributed by atoms with E-state index in [0.29, 0.717) is 13.2 Å². The SMILES string of the molecule is CCCCCCCCCCCCCCCCCCOC/C(I)=C(\Br)COCCCC. The Morgan fingerprint density at radius 1 is 0.533 bits per heavy atom. The molecule has 0 N–H and O–H groups in total. The predicted octanol–water partition coefficient (Wildman–Crippen LogP) is 10.1. The summed E-state index contributed by atoms with van der Waals surface area (Å²) in [6.45, 7) is 7.57. The zero-order chi connectivity index (χ0) is 22.1. The summed E-state index contributed by atoms with van der Waals surface area (Å²) in [5.41, 5.74) is 0. The lowest BCUT2D eigenvalue weighted by atomic mass is 10.0. The average Bonchev–Trinajstić information content (AvgIpc) is 2.75. The summed E-state index contributed by atoms with van der Waals surface area (Å²) in [5.74, 6) is 0. The Kier molecular flexibility index (Phi) is 26.9. The highest BCUT2D eigenvalue weighted by molar-refractivity contribution is 14.1. The van der Waals surface area contributed by atoms with E-state index in [2.05, 4.69) is 52.4 Å². The van der Waals surface area contributed by atoms with Gasteiger partial charge in [0, 0.05) is 21.3 Å². The Labute approximate surface area is 211 Å². The fourth-order valence-electron chi connectivity index (χ4n) is 3.48. The van der Waals surface area contributed by atoms with E-state index in [9.17, 15) is 0 Å². The van der Waals surface area contributed by atoms with Crippen molar-refractivity contribution in [2.24, 2.45) is 0 Å². The molecule has 0 aliphatic heterocycles. The van der Waals surface area contributed by atoms with Gasteiger partial charge in [-0.3, -0.25) is 0 Å². The molecule has 0 saturated carbocycles. The van der Waals surface area contributed by atoms with Gasteiger partial charge in [-0.05, 0) is 35.4 Å². The van der Waals surface area contributed by atoms with Gasteiger partial charge in [-0.1, -0.05) is 133 Å². The minimum Gasteiger partial charge on any atom is -0.376 e. The third-order valence-corrected chi connectivity index (χ3v) is 7.95. The van der Waals surface area contributed by atoms with Gasteiger partial charge < -0.3 is 9.47 Å². The Balaban J connectivity index is 3.25. The number of rotatable bonds is 24. The lowest BCUT2D eigenvalue weighted by molar-refractivity contribution is 0.148. The van der Waals surface area contributed by atoms with Crippen molar-refractivity contribution in [2.75, 3.05) is 26.4 Å². The highest BCUT2D eigenvalue weighted by Crippen LogP contribution is 2.20. The third kappa shape index (κ3) is 23.5. The molecule has 0 fully saturated rings. The average molecular weight is 601 g/mol. The summed E-state index contributed by atoms with van der Waals surface area (Å²) in [7, 11) is 0. The van der Waals surface area contributed by atoms with Crippen LogP contribution in [0.4, 0.5) is 0 Å². The molecule has 0 aromatic carbocycles. The summed E-state index contributed by atoms with van der Waals surface area (Å²) in [4.78, 5) is 0. The largest absolute Gasteiger partial charge is 0.376 e. The van der Waals surface area contributed by atoms with Gasteiger partial charge >= 0.3 is 0 Å². The molecular weight excluding hydrogens is 551 g/mol. The van der Waals surface area contributed by atoms with E-state index in [4.69, 9.17) is 9.47 Å². The summed E-state index contributed by atoms with van der Waals surface area (Å²) >= 11 is 5.98. The maximum atomic E-state index is 5.81. The van der Waals surface area contributed by atoms with Crippen LogP contribution in [0.15, 0.2) is 8.06 Å². The van der Waals surface area contributed by atoms with Crippen LogP contribution in [0.1, 0.15) is 129 Å². The zero-order valence-corrected chi connectivity index (χ0v) is 23.9. The van der Waals surface area contributed by atoms with Crippen LogP contribution in [0.25, 0.3) is 0 Å². The van der Waals surface area contributed by atoms with E-state index in [1.54, 1.807) is 0 Å². The van der Waals surface area contributed by atoms with Gasteiger partial charge in [0.15, 0.2) is 0 Å². The minimum atomic E-state index is 0.667. The second kappa shape index (κ2) is 26.1. The monoisotopic (exact) mass is 600 g/mol. The summed E-state index contributed by atoms with van der Waals surface area (Å²) in [5, 5.41) is 0. The Hall–Kier alpha value is 0.870. The molecule has 0 heterocycles. The molecule has 0 bridgehead atoms. The maximum Gasteiger partial charge on any atom is 0.0790 e. The first-order valence-electron chi connectivity index (χ1n) is 12.9. The highest BCUT2D eigenvalue weighted by Gasteiger charge is 2.02. The molecule has 30 heavy (non-hydrogen) atoms. The van der Waals surface area contributed by atoms with Crippen LogP contribution in [0, 0.1) is 0 Å². The minimum absolute atomic E-state index is 0.667. The van der Waals surface area contributed by atoms with E-state index in [0.717, 1.165) is 24.1 Å². The molecule has 0 aromatic heterocycles. The van der Waals surface area contributed by atoms with Crippen LogP contribution in [-0.2, 0) is 9.47 Å². The normalized spacial score (nSPS) is 12.4. The smallest absolute Gasteiger partial charge is 0.0790 e. The summed E-state index contributed by atoms with van der Waals surface area (Å²) in [6, 6.07) is 0. The molecule has 0 unspecified atom stereocenters. The number of unbranched alkanes of at least 4 members (excludes halogenated alkanes) is 16. The standard InChI is InChI=1S/C26H50BrIO2/c1-3-5-7-8-9-10-11-12-13-14-15-16-17-18-19-20-22-30-24-26(28)25(27)23-29-21-6-4-2/h3-24H2,1-2H3/b26-25+. The van der Waals surface area contributed by atoms with Gasteiger partial charge in [0.05, 0.1) is 13.2 Å². The predicted molar refractivity (Wildman–Crippen MR) is 146 cm³/mol. The van der Waals surface area contributed by atoms with E-state index < -0.39 is 0 Å². The number of halogens is 2. The number of ether oxygens (including phenoxy) is 2. The lowest BCUT2D eigenvalue weighted by Crippen LogP contribution is -2.02. The van der Waals surface area contributed by atoms with Crippen LogP contribution in [0.5, 0.6) is 0 Å². The second-order valence-corrected chi connectivity index (χ2v) is 10.8. The van der Waals surface area contributed by atoms with Gasteiger partial charge in [0.25, 0.3) is 0 Å². The number of hydrogen-bond donors (Lipinski definition) is 0. The number of hydrogen-bond acceptors (Lipinski definition) is 2. The first kappa shape index (κ1) is 30.9. The lowest BCUT2D eigenvalue weighted by Gasteiger charge is -2.08. The Morgan fingerprint density at radius 2 is 0.900 bits per heavy atom. The molecular formula is C26H50BrIO2. The van der Waals surface area contributed by atoms with Gasteiger partial charge in [-0.2, -0.15) is 0 Å². The summed E-state index contributed by atoms with van der Waals surface area (Å²) < 4.78 is 13.8. The van der Waals surface area contributed by atoms with Gasteiger partial charge in [0.1, 0.15) is 0 Å². The van der Waals surface area contributed by atoms with Gasteiger partial charge in [0.2, 0.25) is 0 Å². The van der Waals surface area contributed by atoms with Crippen LogP contribution in [0.2, 0.25) is 0 Å². The van der Waals surface area contributed by atoms with E-state index in [1.807, 2.05) is 0 Å². The molecule has 180 valence electrons. The molecule has 0 saturated heterocycles. The van der Waals surface area contributed by atoms with E-state index in [-0.39, 0.29) is 0 Å². The molecule has 0 atom stereocenters. The first-order valence-corrected chi connectivity index (χ1v) is 14.8. The van der Waals surface area contributed by atoms with Crippen molar-refractivity contribution in [3.8, 4) is 0 Å². The van der Waals surface area contributed by atoms with Gasteiger partial charge in [-0.25, -0.2) is 0 Å². The Bertz CT molecular complexity index is 374. The highest BCUT2D eigenvalue weighted by atomic mass is 127. The molecule has 0 spiro atoms. The molecule has 0 aliphatic carbocycles. The molecule has 2 nitrogen and oxygen atoms in total. The second-order valence-electron chi connectivity index (χ2n) is 8.57. The van der Waals surface area contributed by atoms with E-state index in [1.165, 1.54) is 113 Å². The van der Waals surface area contributed by atoms with Crippen molar-refractivity contribution in [1.29, 1.82) is 0 Å². The zero-order valence-electron chi connectivity index (χ0n) is 20.1. The molecule has 0 rings (SSSR count). The van der Waals surface area contributed by atoms with E-state index >= 15 is 0 Å². The summed E-state index contributed by atoms with van der Waals surface area (Å²) in [6.07, 6.45) is 24.9. The first-order chi connectivity index (χ1) is 14.7. The van der Waals surface area contributed by atoms with Crippen LogP contribution >= 0.6 is 38.5 Å². The van der Waals surface area contributed by atoms with Crippen LogP contribution in [-0.4, -0.2) is 26.4 Å². The fraction of sp³-hybridized carbons (Fsp3) is 0.923. The topological polar surface area (TPSA) is 18.5 Å². The van der Waals surface area contributed by atoms with Crippen LogP contribution < -0.4 is 0 Å². The molecule has 0 amide bonds. The molecule has 4 heteroatoms. The molecule has 0 aromatic rings. The van der Waals surface area contributed by atoms with Crippen LogP contribution in [0.3, 0.4) is 0 Å². The van der Waals surface area contributed by atoms with Crippen molar-refractivity contribution in [2.45, 2.75) is 129 Å². The van der Waals surface area contributed by atoms with Crippen molar-refractivity contribution < 1.29 is 9.47 Å². The van der Waals surface area contributed by atoms with Gasteiger partial charge in [-0.15, -0.1) is 0 Å². The van der Waals surface area contributed by atoms with Crippen molar-refractivity contribution in [3.63, 3.8) is 0 Å². The van der Waals surface area contributed by atoms with Crippen molar-refractivity contribution in [3.05, 3.63) is 8.06 Å². The molecule has 0 aliphatic rings. The third-order valence-electron chi connectivity index (χ3n) is 5.54. The maximum absolute atomic E-state index is 5.81. The van der Waals surface area contributed by atoms with Crippen molar-refractivity contribution >= 4 is 38.5 Å². The molecule has 0 radical (unpaired) electrons.